The Labute approximate surface area is 211 Å². The van der Waals surface area contributed by atoms with Gasteiger partial charge in [0.2, 0.25) is 0 Å². The molecule has 0 aliphatic carbocycles. The van der Waals surface area contributed by atoms with E-state index in [4.69, 9.17) is 9.47 Å². The lowest BCUT2D eigenvalue weighted by Gasteiger charge is -2.28. The number of carboxylic acid groups (broad SMARTS) is 1. The molecule has 1 aliphatic heterocycles. The zero-order valence-corrected chi connectivity index (χ0v) is 20.9. The van der Waals surface area contributed by atoms with Crippen molar-refractivity contribution >= 4 is 27.8 Å². The Morgan fingerprint density at radius 3 is 2.81 bits per heavy atom. The van der Waals surface area contributed by atoms with Crippen molar-refractivity contribution in [2.24, 2.45) is 0 Å². The highest BCUT2D eigenvalue weighted by Gasteiger charge is 2.46. The Morgan fingerprint density at radius 2 is 2.16 bits per heavy atom. The standard InChI is InChI=1S/C27H26F2N4O4/c1-26(2,7-8-30)24-20(15-11-27(3,25(34)35)37-13-15)21-18(9-14-12-31-32-23(14)22(21)29)33(24)16-5-6-17(28)19(10-16)36-4/h5-6,9-10,12,15H,7,11,13H2,1-4H3,(H,31,32)(H,34,35)/t15?,27-/m0/s1. The number of methoxy groups -OCH3 is 1. The van der Waals surface area contributed by atoms with Gasteiger partial charge in [-0.05, 0) is 37.1 Å². The van der Waals surface area contributed by atoms with Gasteiger partial charge in [-0.3, -0.25) is 5.10 Å². The average Bonchev–Trinajstić information content (AvgIpc) is 3.56. The normalized spacial score (nSPS) is 20.0. The summed E-state index contributed by atoms with van der Waals surface area (Å²) in [4.78, 5) is 12.0. The first-order valence-corrected chi connectivity index (χ1v) is 11.8. The van der Waals surface area contributed by atoms with Crippen LogP contribution in [0, 0.1) is 23.0 Å². The van der Waals surface area contributed by atoms with Gasteiger partial charge in [-0.1, -0.05) is 13.8 Å². The minimum Gasteiger partial charge on any atom is -0.494 e. The van der Waals surface area contributed by atoms with E-state index in [0.717, 1.165) is 0 Å². The summed E-state index contributed by atoms with van der Waals surface area (Å²) in [5.41, 5.74) is 0.164. The van der Waals surface area contributed by atoms with Crippen LogP contribution in [-0.4, -0.2) is 45.2 Å². The lowest BCUT2D eigenvalue weighted by Crippen LogP contribution is -2.34. The van der Waals surface area contributed by atoms with Crippen LogP contribution in [0.25, 0.3) is 27.5 Å². The number of halogens is 2. The molecule has 37 heavy (non-hydrogen) atoms. The second-order valence-corrected chi connectivity index (χ2v) is 10.3. The Kier molecular flexibility index (Phi) is 5.72. The number of carbonyl (C=O) groups is 1. The number of nitriles is 1. The molecule has 5 rings (SSSR count). The molecule has 2 N–H and O–H groups in total. The Bertz CT molecular complexity index is 1600. The van der Waals surface area contributed by atoms with Gasteiger partial charge in [-0.2, -0.15) is 10.4 Å². The molecule has 0 spiro atoms. The molecule has 10 heteroatoms. The fourth-order valence-electron chi connectivity index (χ4n) is 5.44. The van der Waals surface area contributed by atoms with Crippen LogP contribution in [0.2, 0.25) is 0 Å². The van der Waals surface area contributed by atoms with E-state index < -0.39 is 34.5 Å². The molecular formula is C27H26F2N4O4. The van der Waals surface area contributed by atoms with E-state index in [9.17, 15) is 19.6 Å². The predicted molar refractivity (Wildman–Crippen MR) is 132 cm³/mol. The number of rotatable bonds is 6. The highest BCUT2D eigenvalue weighted by atomic mass is 19.1. The largest absolute Gasteiger partial charge is 0.494 e. The molecule has 0 bridgehead atoms. The number of ether oxygens (including phenoxy) is 2. The summed E-state index contributed by atoms with van der Waals surface area (Å²) in [6.07, 6.45) is 1.73. The van der Waals surface area contributed by atoms with Crippen LogP contribution in [0.5, 0.6) is 5.75 Å². The van der Waals surface area contributed by atoms with Crippen molar-refractivity contribution in [3.63, 3.8) is 0 Å². The molecule has 0 radical (unpaired) electrons. The third-order valence-corrected chi connectivity index (χ3v) is 7.30. The highest BCUT2D eigenvalue weighted by Crippen LogP contribution is 2.48. The van der Waals surface area contributed by atoms with Crippen LogP contribution in [0.1, 0.15) is 50.8 Å². The zero-order chi connectivity index (χ0) is 26.7. The van der Waals surface area contributed by atoms with E-state index in [2.05, 4.69) is 16.3 Å². The molecule has 2 aromatic carbocycles. The minimum atomic E-state index is -1.44. The first kappa shape index (κ1) is 24.7. The number of nitrogens with one attached hydrogen (secondary N) is 1. The number of carboxylic acids is 1. The van der Waals surface area contributed by atoms with Crippen molar-refractivity contribution in [3.8, 4) is 17.5 Å². The Balaban J connectivity index is 1.94. The third-order valence-electron chi connectivity index (χ3n) is 7.30. The fourth-order valence-corrected chi connectivity index (χ4v) is 5.44. The molecule has 192 valence electrons. The van der Waals surface area contributed by atoms with Crippen LogP contribution >= 0.6 is 0 Å². The van der Waals surface area contributed by atoms with Gasteiger partial charge in [0, 0.05) is 46.0 Å². The molecule has 1 fully saturated rings. The van der Waals surface area contributed by atoms with E-state index >= 15 is 4.39 Å². The lowest BCUT2D eigenvalue weighted by atomic mass is 9.79. The molecule has 8 nitrogen and oxygen atoms in total. The summed E-state index contributed by atoms with van der Waals surface area (Å²) in [6, 6.07) is 8.37. The van der Waals surface area contributed by atoms with Crippen LogP contribution in [-0.2, 0) is 14.9 Å². The summed E-state index contributed by atoms with van der Waals surface area (Å²) < 4.78 is 43.4. The minimum absolute atomic E-state index is 0.0115. The molecule has 4 aromatic rings. The van der Waals surface area contributed by atoms with Crippen molar-refractivity contribution < 1.29 is 28.2 Å². The number of aromatic amines is 1. The third kappa shape index (κ3) is 3.73. The molecule has 1 unspecified atom stereocenters. The van der Waals surface area contributed by atoms with Gasteiger partial charge in [0.1, 0.15) is 5.52 Å². The SMILES string of the molecule is COc1cc(-n2c(C(C)(C)CC#N)c(C3CO[C@](C)(C(=O)O)C3)c3c(F)c4[nH]ncc4cc32)ccc1F. The molecule has 1 saturated heterocycles. The van der Waals surface area contributed by atoms with E-state index in [0.29, 0.717) is 27.8 Å². The van der Waals surface area contributed by atoms with E-state index in [1.165, 1.54) is 32.4 Å². The number of fused-ring (bicyclic) bond motifs is 2. The molecule has 3 heterocycles. The first-order chi connectivity index (χ1) is 17.5. The number of aromatic nitrogens is 3. The number of nitrogens with zero attached hydrogens (tertiary/aromatic N) is 3. The maximum Gasteiger partial charge on any atom is 0.335 e. The molecule has 0 amide bonds. The number of hydrogen-bond acceptors (Lipinski definition) is 5. The first-order valence-electron chi connectivity index (χ1n) is 11.8. The van der Waals surface area contributed by atoms with E-state index in [1.54, 1.807) is 12.1 Å². The molecule has 1 aliphatic rings. The van der Waals surface area contributed by atoms with Crippen molar-refractivity contribution in [2.75, 3.05) is 13.7 Å². The quantitative estimate of drug-likeness (QED) is 0.364. The van der Waals surface area contributed by atoms with Gasteiger partial charge in [0.05, 0.1) is 31.5 Å². The Hall–Kier alpha value is -3.97. The average molecular weight is 509 g/mol. The predicted octanol–water partition coefficient (Wildman–Crippen LogP) is 5.33. The topological polar surface area (TPSA) is 113 Å². The number of benzene rings is 2. The van der Waals surface area contributed by atoms with E-state index in [-0.39, 0.29) is 36.1 Å². The Morgan fingerprint density at radius 1 is 1.41 bits per heavy atom. The van der Waals surface area contributed by atoms with Gasteiger partial charge in [-0.15, -0.1) is 0 Å². The molecule has 2 atom stereocenters. The van der Waals surface area contributed by atoms with Crippen LogP contribution in [0.3, 0.4) is 0 Å². The van der Waals surface area contributed by atoms with Crippen molar-refractivity contribution in [1.82, 2.24) is 14.8 Å². The lowest BCUT2D eigenvalue weighted by molar-refractivity contribution is -0.157. The summed E-state index contributed by atoms with van der Waals surface area (Å²) in [7, 11) is 1.36. The smallest absolute Gasteiger partial charge is 0.335 e. The van der Waals surface area contributed by atoms with Crippen molar-refractivity contribution in [2.45, 2.75) is 50.5 Å². The van der Waals surface area contributed by atoms with Gasteiger partial charge in [0.25, 0.3) is 0 Å². The summed E-state index contributed by atoms with van der Waals surface area (Å²) >= 11 is 0. The second-order valence-electron chi connectivity index (χ2n) is 10.3. The maximum atomic E-state index is 16.3. The molecule has 2 aromatic heterocycles. The summed E-state index contributed by atoms with van der Waals surface area (Å²) in [6.45, 7) is 5.32. The summed E-state index contributed by atoms with van der Waals surface area (Å²) in [5.74, 6) is -2.65. The van der Waals surface area contributed by atoms with Crippen molar-refractivity contribution in [3.05, 3.63) is 53.4 Å². The highest BCUT2D eigenvalue weighted by molar-refractivity contribution is 6.00. The van der Waals surface area contributed by atoms with Gasteiger partial charge in [0.15, 0.2) is 23.0 Å². The number of aliphatic carboxylic acids is 1. The van der Waals surface area contributed by atoms with Gasteiger partial charge < -0.3 is 19.1 Å². The van der Waals surface area contributed by atoms with Crippen molar-refractivity contribution in [1.29, 1.82) is 5.26 Å². The monoisotopic (exact) mass is 508 g/mol. The molecule has 0 saturated carbocycles. The second kappa shape index (κ2) is 8.56. The van der Waals surface area contributed by atoms with Crippen LogP contribution < -0.4 is 4.74 Å². The summed E-state index contributed by atoms with van der Waals surface area (Å²) in [5, 5.41) is 27.0. The maximum absolute atomic E-state index is 16.3. The van der Waals surface area contributed by atoms with Crippen LogP contribution in [0.4, 0.5) is 8.78 Å². The van der Waals surface area contributed by atoms with Gasteiger partial charge >= 0.3 is 5.97 Å². The van der Waals surface area contributed by atoms with Gasteiger partial charge in [-0.25, -0.2) is 13.6 Å². The van der Waals surface area contributed by atoms with Crippen LogP contribution in [0.15, 0.2) is 30.5 Å². The molecular weight excluding hydrogens is 482 g/mol. The number of hydrogen-bond donors (Lipinski definition) is 2. The van der Waals surface area contributed by atoms with E-state index in [1.807, 2.05) is 18.4 Å². The zero-order valence-electron chi connectivity index (χ0n) is 20.9. The fraction of sp³-hybridized carbons (Fsp3) is 0.370. The number of H-pyrrole nitrogens is 1.